The molecule has 0 aliphatic carbocycles. The molecule has 0 unspecified atom stereocenters. The van der Waals surface area contributed by atoms with Crippen LogP contribution in [0.3, 0.4) is 0 Å². The lowest BCUT2D eigenvalue weighted by Crippen LogP contribution is -2.31. The first kappa shape index (κ1) is 14.3. The van der Waals surface area contributed by atoms with Crippen molar-refractivity contribution in [1.29, 1.82) is 0 Å². The predicted octanol–water partition coefficient (Wildman–Crippen LogP) is 2.18. The van der Waals surface area contributed by atoms with Crippen LogP contribution in [0.25, 0.3) is 0 Å². The normalized spacial score (nSPS) is 21.6. The van der Waals surface area contributed by atoms with Crippen LogP contribution in [-0.2, 0) is 23.1 Å². The zero-order valence-electron chi connectivity index (χ0n) is 12.2. The summed E-state index contributed by atoms with van der Waals surface area (Å²) in [7, 11) is 1.87. The van der Waals surface area contributed by atoms with Gasteiger partial charge in [-0.15, -0.1) is 11.3 Å². The summed E-state index contributed by atoms with van der Waals surface area (Å²) in [4.78, 5) is 14.8. The van der Waals surface area contributed by atoms with Crippen molar-refractivity contribution >= 4 is 17.2 Å². The third-order valence-electron chi connectivity index (χ3n) is 3.71. The lowest BCUT2D eigenvalue weighted by Gasteiger charge is -2.16. The Morgan fingerprint density at radius 2 is 2.43 bits per heavy atom. The van der Waals surface area contributed by atoms with Crippen LogP contribution in [0, 0.1) is 12.8 Å². The number of nitrogens with one attached hydrogen (secondary N) is 1. The molecule has 2 aromatic rings. The van der Waals surface area contributed by atoms with Crippen LogP contribution in [0.2, 0.25) is 0 Å². The number of nitrogens with zero attached hydrogens (tertiary/aromatic N) is 2. The standard InChI is InChI=1S/C15H19N3O2S/c1-10-3-4-12(21-10)8-16-15(19)13-5-6-20-14(13)11-7-17-18(2)9-11/h3-4,7,9,13-14H,5-6,8H2,1-2H3,(H,16,19)/t13-,14+/m0/s1. The van der Waals surface area contributed by atoms with Crippen LogP contribution in [-0.4, -0.2) is 22.3 Å². The third-order valence-corrected chi connectivity index (χ3v) is 4.72. The summed E-state index contributed by atoms with van der Waals surface area (Å²) in [6, 6.07) is 4.13. The number of carbonyl (C=O) groups excluding carboxylic acids is 1. The minimum atomic E-state index is -0.177. The molecular formula is C15H19N3O2S. The van der Waals surface area contributed by atoms with Gasteiger partial charge in [-0.2, -0.15) is 5.10 Å². The van der Waals surface area contributed by atoms with E-state index in [9.17, 15) is 4.79 Å². The van der Waals surface area contributed by atoms with Crippen molar-refractivity contribution in [3.8, 4) is 0 Å². The molecule has 6 heteroatoms. The average molecular weight is 305 g/mol. The highest BCUT2D eigenvalue weighted by atomic mass is 32.1. The van der Waals surface area contributed by atoms with Gasteiger partial charge < -0.3 is 10.1 Å². The fraction of sp³-hybridized carbons (Fsp3) is 0.467. The number of hydrogen-bond donors (Lipinski definition) is 1. The van der Waals surface area contributed by atoms with Crippen LogP contribution >= 0.6 is 11.3 Å². The summed E-state index contributed by atoms with van der Waals surface area (Å²) in [5.41, 5.74) is 0.974. The second kappa shape index (κ2) is 5.99. The molecule has 1 fully saturated rings. The largest absolute Gasteiger partial charge is 0.373 e. The third kappa shape index (κ3) is 3.16. The van der Waals surface area contributed by atoms with Crippen LogP contribution in [0.1, 0.15) is 27.8 Å². The van der Waals surface area contributed by atoms with Crippen molar-refractivity contribution < 1.29 is 9.53 Å². The van der Waals surface area contributed by atoms with Crippen molar-refractivity contribution in [3.63, 3.8) is 0 Å². The van der Waals surface area contributed by atoms with Crippen molar-refractivity contribution in [3.05, 3.63) is 39.8 Å². The number of aromatic nitrogens is 2. The first-order valence-electron chi connectivity index (χ1n) is 7.06. The Morgan fingerprint density at radius 3 is 3.10 bits per heavy atom. The van der Waals surface area contributed by atoms with E-state index in [1.165, 1.54) is 9.75 Å². The number of thiophene rings is 1. The Bertz CT molecular complexity index is 634. The van der Waals surface area contributed by atoms with E-state index in [2.05, 4.69) is 29.5 Å². The Hall–Kier alpha value is -1.66. The Balaban J connectivity index is 1.63. The molecule has 0 aromatic carbocycles. The summed E-state index contributed by atoms with van der Waals surface area (Å²) in [5, 5.41) is 7.18. The molecular weight excluding hydrogens is 286 g/mol. The van der Waals surface area contributed by atoms with Crippen molar-refractivity contribution in [2.45, 2.75) is 26.0 Å². The fourth-order valence-corrected chi connectivity index (χ4v) is 3.49. The molecule has 0 spiro atoms. The van der Waals surface area contributed by atoms with Gasteiger partial charge in [0.05, 0.1) is 24.8 Å². The van der Waals surface area contributed by atoms with Gasteiger partial charge in [-0.1, -0.05) is 0 Å². The summed E-state index contributed by atoms with van der Waals surface area (Å²) in [5.74, 6) is -0.0670. The molecule has 1 aliphatic rings. The number of ether oxygens (including phenoxy) is 1. The number of hydrogen-bond acceptors (Lipinski definition) is 4. The summed E-state index contributed by atoms with van der Waals surface area (Å²) >= 11 is 1.71. The van der Waals surface area contributed by atoms with E-state index >= 15 is 0 Å². The van der Waals surface area contributed by atoms with Crippen molar-refractivity contribution in [1.82, 2.24) is 15.1 Å². The molecule has 3 heterocycles. The van der Waals surface area contributed by atoms with Gasteiger partial charge in [0.1, 0.15) is 0 Å². The number of carbonyl (C=O) groups is 1. The summed E-state index contributed by atoms with van der Waals surface area (Å²) in [6.07, 6.45) is 4.27. The van der Waals surface area contributed by atoms with Crippen molar-refractivity contribution in [2.24, 2.45) is 13.0 Å². The molecule has 2 atom stereocenters. The first-order chi connectivity index (χ1) is 10.1. The molecule has 3 rings (SSSR count). The first-order valence-corrected chi connectivity index (χ1v) is 7.88. The van der Waals surface area contributed by atoms with E-state index in [1.807, 2.05) is 13.2 Å². The summed E-state index contributed by atoms with van der Waals surface area (Å²) in [6.45, 7) is 3.28. The van der Waals surface area contributed by atoms with Gasteiger partial charge >= 0.3 is 0 Å². The van der Waals surface area contributed by atoms with Gasteiger partial charge in [-0.05, 0) is 25.5 Å². The lowest BCUT2D eigenvalue weighted by molar-refractivity contribution is -0.126. The molecule has 0 bridgehead atoms. The average Bonchev–Trinajstić information content (AvgIpc) is 3.16. The minimum absolute atomic E-state index is 0.0624. The molecule has 2 aromatic heterocycles. The molecule has 0 saturated carbocycles. The van der Waals surface area contributed by atoms with Crippen LogP contribution in [0.15, 0.2) is 24.5 Å². The van der Waals surface area contributed by atoms with Crippen molar-refractivity contribution in [2.75, 3.05) is 6.61 Å². The number of amides is 1. The highest BCUT2D eigenvalue weighted by molar-refractivity contribution is 7.11. The second-order valence-corrected chi connectivity index (χ2v) is 6.74. The van der Waals surface area contributed by atoms with E-state index < -0.39 is 0 Å². The van der Waals surface area contributed by atoms with E-state index in [1.54, 1.807) is 22.2 Å². The Morgan fingerprint density at radius 1 is 1.57 bits per heavy atom. The highest BCUT2D eigenvalue weighted by Crippen LogP contribution is 2.34. The Labute approximate surface area is 127 Å². The van der Waals surface area contributed by atoms with Crippen LogP contribution in [0.5, 0.6) is 0 Å². The van der Waals surface area contributed by atoms with E-state index in [0.29, 0.717) is 13.2 Å². The second-order valence-electron chi connectivity index (χ2n) is 5.36. The molecule has 5 nitrogen and oxygen atoms in total. The quantitative estimate of drug-likeness (QED) is 0.942. The van der Waals surface area contributed by atoms with Gasteiger partial charge in [-0.3, -0.25) is 9.48 Å². The topological polar surface area (TPSA) is 56.1 Å². The molecule has 1 saturated heterocycles. The molecule has 21 heavy (non-hydrogen) atoms. The fourth-order valence-electron chi connectivity index (χ4n) is 2.66. The van der Waals surface area contributed by atoms with Gasteiger partial charge in [0.15, 0.2) is 0 Å². The van der Waals surface area contributed by atoms with Gasteiger partial charge in [0.25, 0.3) is 0 Å². The summed E-state index contributed by atoms with van der Waals surface area (Å²) < 4.78 is 7.47. The monoisotopic (exact) mass is 305 g/mol. The smallest absolute Gasteiger partial charge is 0.226 e. The Kier molecular flexibility index (Phi) is 4.07. The molecule has 1 amide bonds. The molecule has 0 radical (unpaired) electrons. The van der Waals surface area contributed by atoms with Gasteiger partial charge in [-0.25, -0.2) is 0 Å². The lowest BCUT2D eigenvalue weighted by atomic mass is 9.96. The maximum atomic E-state index is 12.4. The maximum absolute atomic E-state index is 12.4. The SMILES string of the molecule is Cc1ccc(CNC(=O)[C@H]2CCO[C@@H]2c2cnn(C)c2)s1. The van der Waals surface area contributed by atoms with Crippen LogP contribution in [0.4, 0.5) is 0 Å². The number of rotatable bonds is 4. The zero-order chi connectivity index (χ0) is 14.8. The molecule has 1 N–H and O–H groups in total. The number of aryl methyl sites for hydroxylation is 2. The molecule has 1 aliphatic heterocycles. The van der Waals surface area contributed by atoms with Gasteiger partial charge in [0, 0.05) is 35.2 Å². The van der Waals surface area contributed by atoms with E-state index in [-0.39, 0.29) is 17.9 Å². The van der Waals surface area contributed by atoms with Crippen LogP contribution < -0.4 is 5.32 Å². The predicted molar refractivity (Wildman–Crippen MR) is 80.9 cm³/mol. The highest BCUT2D eigenvalue weighted by Gasteiger charge is 2.35. The van der Waals surface area contributed by atoms with E-state index in [4.69, 9.17) is 4.74 Å². The maximum Gasteiger partial charge on any atom is 0.226 e. The van der Waals surface area contributed by atoms with Gasteiger partial charge in [0.2, 0.25) is 5.91 Å². The molecule has 112 valence electrons. The van der Waals surface area contributed by atoms with E-state index in [0.717, 1.165) is 12.0 Å². The zero-order valence-corrected chi connectivity index (χ0v) is 13.0. The minimum Gasteiger partial charge on any atom is -0.373 e.